The fourth-order valence-corrected chi connectivity index (χ4v) is 2.32. The Kier molecular flexibility index (Phi) is 3.75. The molecule has 2 aromatic rings. The Balaban J connectivity index is 2.76. The second-order valence-corrected chi connectivity index (χ2v) is 5.93. The quantitative estimate of drug-likeness (QED) is 0.925. The van der Waals surface area contributed by atoms with Crippen LogP contribution in [0.15, 0.2) is 22.9 Å². The summed E-state index contributed by atoms with van der Waals surface area (Å²) in [7, 11) is 1.68. The highest BCUT2D eigenvalue weighted by Gasteiger charge is 2.24. The van der Waals surface area contributed by atoms with Gasteiger partial charge in [-0.15, -0.1) is 0 Å². The molecule has 4 heteroatoms. The number of aromatic nitrogens is 1. The van der Waals surface area contributed by atoms with Gasteiger partial charge in [-0.3, -0.25) is 0 Å². The summed E-state index contributed by atoms with van der Waals surface area (Å²) in [5.74, 6) is 1.15. The number of methoxy groups -OCH3 is 1. The Labute approximate surface area is 119 Å². The fraction of sp³-hybridized carbons (Fsp3) is 0.438. The number of nitrogens with zero attached hydrogens (tertiary/aromatic N) is 1. The van der Waals surface area contributed by atoms with E-state index >= 15 is 0 Å². The lowest BCUT2D eigenvalue weighted by Crippen LogP contribution is -2.14. The molecule has 0 aliphatic carbocycles. The molecule has 0 saturated heterocycles. The van der Waals surface area contributed by atoms with Crippen molar-refractivity contribution < 1.29 is 9.26 Å². The maximum Gasteiger partial charge on any atom is 0.230 e. The van der Waals surface area contributed by atoms with E-state index in [0.29, 0.717) is 5.88 Å². The molecule has 0 aliphatic heterocycles. The highest BCUT2D eigenvalue weighted by molar-refractivity contribution is 5.79. The summed E-state index contributed by atoms with van der Waals surface area (Å²) in [6, 6.07) is 4.29. The monoisotopic (exact) mass is 274 g/mol. The molecule has 0 unspecified atom stereocenters. The van der Waals surface area contributed by atoms with Crippen LogP contribution in [0.3, 0.4) is 0 Å². The van der Waals surface area contributed by atoms with Crippen LogP contribution in [0.2, 0.25) is 0 Å². The van der Waals surface area contributed by atoms with Crippen LogP contribution >= 0.6 is 0 Å². The topological polar surface area (TPSA) is 61.3 Å². The van der Waals surface area contributed by atoms with Gasteiger partial charge in [0.25, 0.3) is 0 Å². The summed E-state index contributed by atoms with van der Waals surface area (Å²) in [5, 5.41) is 3.77. The van der Waals surface area contributed by atoms with Crippen LogP contribution in [-0.2, 0) is 11.8 Å². The molecule has 4 nitrogen and oxygen atoms in total. The molecule has 0 atom stereocenters. The molecule has 108 valence electrons. The lowest BCUT2D eigenvalue weighted by Gasteiger charge is -2.25. The van der Waals surface area contributed by atoms with Gasteiger partial charge in [0.1, 0.15) is 5.75 Å². The summed E-state index contributed by atoms with van der Waals surface area (Å²) >= 11 is 0. The minimum Gasteiger partial charge on any atom is -0.496 e. The first-order chi connectivity index (χ1) is 9.38. The second kappa shape index (κ2) is 5.19. The van der Waals surface area contributed by atoms with Gasteiger partial charge in [-0.2, -0.15) is 0 Å². The summed E-state index contributed by atoms with van der Waals surface area (Å²) in [4.78, 5) is 0. The molecule has 1 heterocycles. The molecule has 0 aliphatic rings. The molecule has 2 rings (SSSR count). The molecule has 0 bridgehead atoms. The van der Waals surface area contributed by atoms with E-state index in [1.807, 2.05) is 0 Å². The van der Waals surface area contributed by atoms with Crippen molar-refractivity contribution in [1.82, 2.24) is 5.16 Å². The number of ether oxygens (including phenoxy) is 1. The Hall–Kier alpha value is -1.97. The fourth-order valence-electron chi connectivity index (χ4n) is 2.32. The first-order valence-corrected chi connectivity index (χ1v) is 6.80. The van der Waals surface area contributed by atoms with Gasteiger partial charge in [0.2, 0.25) is 5.88 Å². The molecule has 0 spiro atoms. The average Bonchev–Trinajstić information content (AvgIpc) is 2.82. The van der Waals surface area contributed by atoms with E-state index in [0.717, 1.165) is 28.9 Å². The van der Waals surface area contributed by atoms with Gasteiger partial charge in [0.05, 0.1) is 18.9 Å². The van der Waals surface area contributed by atoms with Crippen LogP contribution in [-0.4, -0.2) is 12.3 Å². The van der Waals surface area contributed by atoms with Crippen molar-refractivity contribution >= 4 is 5.88 Å². The van der Waals surface area contributed by atoms with E-state index in [1.165, 1.54) is 5.56 Å². The van der Waals surface area contributed by atoms with Crippen molar-refractivity contribution in [2.24, 2.45) is 0 Å². The third kappa shape index (κ3) is 2.50. The zero-order valence-electron chi connectivity index (χ0n) is 12.8. The van der Waals surface area contributed by atoms with Crippen LogP contribution in [0.5, 0.6) is 5.75 Å². The van der Waals surface area contributed by atoms with Gasteiger partial charge < -0.3 is 15.0 Å². The molecule has 20 heavy (non-hydrogen) atoms. The predicted molar refractivity (Wildman–Crippen MR) is 81.0 cm³/mol. The first-order valence-electron chi connectivity index (χ1n) is 6.80. The van der Waals surface area contributed by atoms with Crippen molar-refractivity contribution in [2.75, 3.05) is 12.8 Å². The number of benzene rings is 1. The minimum atomic E-state index is -0.0167. The van der Waals surface area contributed by atoms with E-state index in [1.54, 1.807) is 13.3 Å². The molecule has 0 fully saturated rings. The highest BCUT2D eigenvalue weighted by Crippen LogP contribution is 2.41. The number of hydrogen-bond donors (Lipinski definition) is 1. The minimum absolute atomic E-state index is 0.0167. The number of aryl methyl sites for hydroxylation is 1. The van der Waals surface area contributed by atoms with Crippen molar-refractivity contribution in [1.29, 1.82) is 0 Å². The zero-order valence-corrected chi connectivity index (χ0v) is 12.8. The Bertz CT molecular complexity index is 609. The highest BCUT2D eigenvalue weighted by atomic mass is 16.5. The number of anilines is 1. The van der Waals surface area contributed by atoms with Crippen LogP contribution in [0.25, 0.3) is 11.1 Å². The van der Waals surface area contributed by atoms with Crippen molar-refractivity contribution in [3.05, 3.63) is 29.5 Å². The summed E-state index contributed by atoms with van der Waals surface area (Å²) in [6.45, 7) is 8.65. The molecule has 1 aromatic heterocycles. The number of nitrogens with two attached hydrogens (primary N) is 1. The largest absolute Gasteiger partial charge is 0.496 e. The van der Waals surface area contributed by atoms with Gasteiger partial charge in [-0.25, -0.2) is 0 Å². The SMILES string of the molecule is CCc1cc(-c2cnoc2N)c(OC)c(C(C)(C)C)c1. The van der Waals surface area contributed by atoms with Crippen LogP contribution < -0.4 is 10.5 Å². The molecular formula is C16H22N2O2. The normalized spacial score (nSPS) is 11.7. The van der Waals surface area contributed by atoms with Crippen LogP contribution in [0.4, 0.5) is 5.88 Å². The lowest BCUT2D eigenvalue weighted by atomic mass is 9.83. The van der Waals surface area contributed by atoms with E-state index in [4.69, 9.17) is 15.0 Å². The van der Waals surface area contributed by atoms with Gasteiger partial charge in [0.15, 0.2) is 0 Å². The molecule has 0 radical (unpaired) electrons. The Morgan fingerprint density at radius 3 is 2.40 bits per heavy atom. The summed E-state index contributed by atoms with van der Waals surface area (Å²) in [6.07, 6.45) is 2.59. The molecule has 0 saturated carbocycles. The number of hydrogen-bond acceptors (Lipinski definition) is 4. The van der Waals surface area contributed by atoms with E-state index in [-0.39, 0.29) is 5.41 Å². The first kappa shape index (κ1) is 14.4. The Morgan fingerprint density at radius 2 is 1.95 bits per heavy atom. The van der Waals surface area contributed by atoms with E-state index in [2.05, 4.69) is 45.0 Å². The summed E-state index contributed by atoms with van der Waals surface area (Å²) in [5.41, 5.74) is 9.97. The van der Waals surface area contributed by atoms with Gasteiger partial charge in [-0.05, 0) is 23.5 Å². The zero-order chi connectivity index (χ0) is 14.9. The Morgan fingerprint density at radius 1 is 1.25 bits per heavy atom. The third-order valence-electron chi connectivity index (χ3n) is 3.46. The van der Waals surface area contributed by atoms with Crippen LogP contribution in [0, 0.1) is 0 Å². The smallest absolute Gasteiger partial charge is 0.230 e. The maximum atomic E-state index is 5.86. The average molecular weight is 274 g/mol. The lowest BCUT2D eigenvalue weighted by molar-refractivity contribution is 0.399. The van der Waals surface area contributed by atoms with Crippen molar-refractivity contribution in [3.8, 4) is 16.9 Å². The number of rotatable bonds is 3. The third-order valence-corrected chi connectivity index (χ3v) is 3.46. The van der Waals surface area contributed by atoms with Gasteiger partial charge in [-0.1, -0.05) is 38.9 Å². The van der Waals surface area contributed by atoms with Crippen LogP contribution in [0.1, 0.15) is 38.8 Å². The number of nitrogen functional groups attached to an aromatic ring is 1. The van der Waals surface area contributed by atoms with Crippen molar-refractivity contribution in [2.45, 2.75) is 39.5 Å². The van der Waals surface area contributed by atoms with E-state index < -0.39 is 0 Å². The summed E-state index contributed by atoms with van der Waals surface area (Å²) < 4.78 is 10.6. The predicted octanol–water partition coefficient (Wildman–Crippen LogP) is 3.79. The molecule has 2 N–H and O–H groups in total. The molecule has 1 aromatic carbocycles. The van der Waals surface area contributed by atoms with Gasteiger partial charge in [0, 0.05) is 11.1 Å². The molecule has 0 amide bonds. The van der Waals surface area contributed by atoms with Gasteiger partial charge >= 0.3 is 0 Å². The molecular weight excluding hydrogens is 252 g/mol. The second-order valence-electron chi connectivity index (χ2n) is 5.93. The maximum absolute atomic E-state index is 5.86. The van der Waals surface area contributed by atoms with Crippen molar-refractivity contribution in [3.63, 3.8) is 0 Å². The van der Waals surface area contributed by atoms with E-state index in [9.17, 15) is 0 Å². The standard InChI is InChI=1S/C16H22N2O2/c1-6-10-7-11(12-9-18-20-15(12)17)14(19-5)13(8-10)16(2,3)4/h7-9H,6,17H2,1-5H3.